The maximum atomic E-state index is 5.01. The van der Waals surface area contributed by atoms with Gasteiger partial charge in [-0.3, -0.25) is 0 Å². The van der Waals surface area contributed by atoms with E-state index in [1.54, 1.807) is 0 Å². The summed E-state index contributed by atoms with van der Waals surface area (Å²) in [5.41, 5.74) is 0. The molecule has 0 aromatic rings. The standard InChI is InChI=1S/C6H14O2.2Li.2H/c1-3-7-5-6-8-4-2;;;;/h3-6H2,1-2H3;;;;/q;2*+1;2*-1. The normalized spacial score (nSPS) is 7.80. The molecule has 0 aromatic heterocycles. The fourth-order valence-electron chi connectivity index (χ4n) is 0.407. The van der Waals surface area contributed by atoms with Crippen molar-refractivity contribution in [2.75, 3.05) is 26.4 Å². The predicted molar refractivity (Wildman–Crippen MR) is 35.2 cm³/mol. The van der Waals surface area contributed by atoms with E-state index in [1.807, 2.05) is 13.8 Å². The van der Waals surface area contributed by atoms with Crippen molar-refractivity contribution in [2.24, 2.45) is 0 Å². The maximum Gasteiger partial charge on any atom is 1.00 e. The predicted octanol–water partition coefficient (Wildman–Crippen LogP) is -4.71. The first-order chi connectivity index (χ1) is 3.91. The van der Waals surface area contributed by atoms with E-state index < -0.39 is 0 Å². The van der Waals surface area contributed by atoms with Gasteiger partial charge in [-0.1, -0.05) is 0 Å². The van der Waals surface area contributed by atoms with Crippen molar-refractivity contribution in [2.45, 2.75) is 13.8 Å². The van der Waals surface area contributed by atoms with Crippen LogP contribution in [0.2, 0.25) is 0 Å². The van der Waals surface area contributed by atoms with Crippen molar-refractivity contribution in [1.82, 2.24) is 0 Å². The van der Waals surface area contributed by atoms with Gasteiger partial charge < -0.3 is 12.3 Å². The summed E-state index contributed by atoms with van der Waals surface area (Å²) < 4.78 is 10.0. The van der Waals surface area contributed by atoms with E-state index in [4.69, 9.17) is 9.47 Å². The molecule has 10 heavy (non-hydrogen) atoms. The molecule has 0 atom stereocenters. The Morgan fingerprint density at radius 3 is 1.40 bits per heavy atom. The van der Waals surface area contributed by atoms with Crippen molar-refractivity contribution >= 4 is 0 Å². The van der Waals surface area contributed by atoms with E-state index in [0.717, 1.165) is 26.4 Å². The number of hydrogen-bond acceptors (Lipinski definition) is 2. The molecule has 0 heterocycles. The largest absolute Gasteiger partial charge is 1.00 e. The van der Waals surface area contributed by atoms with Crippen LogP contribution in [0.15, 0.2) is 0 Å². The van der Waals surface area contributed by atoms with Crippen LogP contribution in [-0.2, 0) is 9.47 Å². The average molecular weight is 134 g/mol. The average Bonchev–Trinajstić information content (AvgIpc) is 1.81. The van der Waals surface area contributed by atoms with E-state index >= 15 is 0 Å². The second kappa shape index (κ2) is 16.6. The first kappa shape index (κ1) is 17.3. The van der Waals surface area contributed by atoms with Gasteiger partial charge in [-0.15, -0.1) is 0 Å². The molecule has 0 aromatic carbocycles. The van der Waals surface area contributed by atoms with Gasteiger partial charge in [-0.2, -0.15) is 0 Å². The Morgan fingerprint density at radius 1 is 0.900 bits per heavy atom. The van der Waals surface area contributed by atoms with Crippen LogP contribution >= 0.6 is 0 Å². The van der Waals surface area contributed by atoms with E-state index in [1.165, 1.54) is 0 Å². The van der Waals surface area contributed by atoms with Gasteiger partial charge in [-0.05, 0) is 13.8 Å². The van der Waals surface area contributed by atoms with Gasteiger partial charge in [0, 0.05) is 13.2 Å². The monoisotopic (exact) mass is 134 g/mol. The fraction of sp³-hybridized carbons (Fsp3) is 1.00. The van der Waals surface area contributed by atoms with Crippen molar-refractivity contribution in [3.05, 3.63) is 0 Å². The quantitative estimate of drug-likeness (QED) is 0.278. The molecule has 0 aliphatic rings. The van der Waals surface area contributed by atoms with Crippen LogP contribution in [0, 0.1) is 0 Å². The van der Waals surface area contributed by atoms with Crippen LogP contribution in [0.3, 0.4) is 0 Å². The molecule has 0 N–H and O–H groups in total. The Hall–Kier alpha value is 1.11. The summed E-state index contributed by atoms with van der Waals surface area (Å²) in [5, 5.41) is 0. The molecule has 0 radical (unpaired) electrons. The second-order valence-corrected chi connectivity index (χ2v) is 1.39. The van der Waals surface area contributed by atoms with Crippen molar-refractivity contribution in [1.29, 1.82) is 0 Å². The zero-order valence-corrected chi connectivity index (χ0v) is 7.64. The van der Waals surface area contributed by atoms with Crippen LogP contribution < -0.4 is 37.7 Å². The third-order valence-corrected chi connectivity index (χ3v) is 0.780. The topological polar surface area (TPSA) is 18.5 Å². The number of rotatable bonds is 5. The van der Waals surface area contributed by atoms with Crippen LogP contribution in [0.4, 0.5) is 0 Å². The zero-order valence-electron chi connectivity index (χ0n) is 9.64. The van der Waals surface area contributed by atoms with Gasteiger partial charge in [0.2, 0.25) is 0 Å². The van der Waals surface area contributed by atoms with E-state index in [9.17, 15) is 0 Å². The SMILES string of the molecule is CCOCCOCC.[H-].[H-].[Li+].[Li+]. The first-order valence-corrected chi connectivity index (χ1v) is 3.07. The third-order valence-electron chi connectivity index (χ3n) is 0.780. The molecule has 0 aliphatic heterocycles. The molecule has 0 spiro atoms. The summed E-state index contributed by atoms with van der Waals surface area (Å²) in [6.45, 7) is 6.98. The minimum absolute atomic E-state index is 0. The van der Waals surface area contributed by atoms with Gasteiger partial charge in [0.25, 0.3) is 0 Å². The number of hydrogen-bond donors (Lipinski definition) is 0. The fourth-order valence-corrected chi connectivity index (χ4v) is 0.407. The summed E-state index contributed by atoms with van der Waals surface area (Å²) in [7, 11) is 0. The van der Waals surface area contributed by atoms with Gasteiger partial charge >= 0.3 is 37.7 Å². The molecule has 0 amide bonds. The minimum Gasteiger partial charge on any atom is -1.00 e. The van der Waals surface area contributed by atoms with Gasteiger partial charge in [0.1, 0.15) is 0 Å². The molecule has 2 nitrogen and oxygen atoms in total. The van der Waals surface area contributed by atoms with Gasteiger partial charge in [-0.25, -0.2) is 0 Å². The molecule has 0 fully saturated rings. The van der Waals surface area contributed by atoms with Crippen LogP contribution in [0.5, 0.6) is 0 Å². The van der Waals surface area contributed by atoms with Crippen LogP contribution in [0.25, 0.3) is 0 Å². The molecule has 0 bridgehead atoms. The van der Waals surface area contributed by atoms with Crippen molar-refractivity contribution < 1.29 is 50.0 Å². The van der Waals surface area contributed by atoms with Crippen LogP contribution in [0.1, 0.15) is 16.7 Å². The Balaban J connectivity index is -0.0000000408. The Bertz CT molecular complexity index is 46.5. The maximum absolute atomic E-state index is 5.01. The van der Waals surface area contributed by atoms with Crippen LogP contribution in [-0.4, -0.2) is 26.4 Å². The molecule has 0 saturated carbocycles. The van der Waals surface area contributed by atoms with Gasteiger partial charge in [0.15, 0.2) is 0 Å². The molecular formula is C6H16Li2O2. The summed E-state index contributed by atoms with van der Waals surface area (Å²) in [6, 6.07) is 0. The Morgan fingerprint density at radius 2 is 1.20 bits per heavy atom. The zero-order chi connectivity index (χ0) is 6.24. The molecular weight excluding hydrogens is 118 g/mol. The molecule has 0 aliphatic carbocycles. The van der Waals surface area contributed by atoms with Crippen molar-refractivity contribution in [3.63, 3.8) is 0 Å². The molecule has 0 unspecified atom stereocenters. The van der Waals surface area contributed by atoms with E-state index in [0.29, 0.717) is 0 Å². The van der Waals surface area contributed by atoms with Gasteiger partial charge in [0.05, 0.1) is 13.2 Å². The van der Waals surface area contributed by atoms with Crippen molar-refractivity contribution in [3.8, 4) is 0 Å². The molecule has 54 valence electrons. The summed E-state index contributed by atoms with van der Waals surface area (Å²) in [6.07, 6.45) is 0. The minimum atomic E-state index is 0. The smallest absolute Gasteiger partial charge is 1.00 e. The summed E-state index contributed by atoms with van der Waals surface area (Å²) in [4.78, 5) is 0. The second-order valence-electron chi connectivity index (χ2n) is 1.39. The summed E-state index contributed by atoms with van der Waals surface area (Å²) in [5.74, 6) is 0. The Labute approximate surface area is 90.4 Å². The molecule has 0 saturated heterocycles. The van der Waals surface area contributed by atoms with E-state index in [2.05, 4.69) is 0 Å². The molecule has 4 heteroatoms. The molecule has 0 rings (SSSR count). The Kier molecular flexibility index (Phi) is 28.7. The third kappa shape index (κ3) is 16.1. The summed E-state index contributed by atoms with van der Waals surface area (Å²) >= 11 is 0. The first-order valence-electron chi connectivity index (χ1n) is 3.07. The number of ether oxygens (including phenoxy) is 2. The van der Waals surface area contributed by atoms with E-state index in [-0.39, 0.29) is 40.6 Å².